The first-order valence-electron chi connectivity index (χ1n) is 7.90. The predicted octanol–water partition coefficient (Wildman–Crippen LogP) is 5.39. The van der Waals surface area contributed by atoms with Crippen molar-refractivity contribution in [2.24, 2.45) is 5.73 Å². The molecule has 3 nitrogen and oxygen atoms in total. The molecule has 0 fully saturated rings. The second-order valence-electron chi connectivity index (χ2n) is 6.02. The Kier molecular flexibility index (Phi) is 4.10. The van der Waals surface area contributed by atoms with Crippen LogP contribution in [0.1, 0.15) is 15.9 Å². The van der Waals surface area contributed by atoms with Gasteiger partial charge in [0.2, 0.25) is 5.91 Å². The van der Waals surface area contributed by atoms with Crippen LogP contribution in [0.2, 0.25) is 10.0 Å². The van der Waals surface area contributed by atoms with Gasteiger partial charge in [0.25, 0.3) is 0 Å². The van der Waals surface area contributed by atoms with E-state index >= 15 is 0 Å². The maximum absolute atomic E-state index is 14.4. The normalized spacial score (nSPS) is 11.3. The summed E-state index contributed by atoms with van der Waals surface area (Å²) in [7, 11) is 0. The number of fused-ring (bicyclic) bond motifs is 3. The lowest BCUT2D eigenvalue weighted by molar-refractivity contribution is 0.100. The topological polar surface area (TPSA) is 48.0 Å². The summed E-state index contributed by atoms with van der Waals surface area (Å²) in [5.74, 6) is -0.976. The molecular formula is C20H13Cl2FN2O. The minimum absolute atomic E-state index is 0.0686. The molecule has 26 heavy (non-hydrogen) atoms. The number of aromatic nitrogens is 1. The SMILES string of the molecule is NC(=O)c1cccc2c1c1ccc(Cl)cc1n2Cc1cccc(Cl)c1F. The highest BCUT2D eigenvalue weighted by Crippen LogP contribution is 2.34. The van der Waals surface area contributed by atoms with E-state index in [1.54, 1.807) is 36.4 Å². The van der Waals surface area contributed by atoms with Crippen LogP contribution < -0.4 is 5.73 Å². The highest BCUT2D eigenvalue weighted by atomic mass is 35.5. The second-order valence-corrected chi connectivity index (χ2v) is 6.87. The molecule has 1 aromatic heterocycles. The summed E-state index contributed by atoms with van der Waals surface area (Å²) in [6.07, 6.45) is 0. The van der Waals surface area contributed by atoms with Gasteiger partial charge in [0.1, 0.15) is 5.82 Å². The molecule has 0 aliphatic rings. The fraction of sp³-hybridized carbons (Fsp3) is 0.0500. The van der Waals surface area contributed by atoms with E-state index in [9.17, 15) is 9.18 Å². The predicted molar refractivity (Wildman–Crippen MR) is 103 cm³/mol. The van der Waals surface area contributed by atoms with Gasteiger partial charge in [-0.2, -0.15) is 0 Å². The van der Waals surface area contributed by atoms with Crippen molar-refractivity contribution in [1.29, 1.82) is 0 Å². The number of carbonyl (C=O) groups is 1. The fourth-order valence-corrected chi connectivity index (χ4v) is 3.69. The summed E-state index contributed by atoms with van der Waals surface area (Å²) < 4.78 is 16.3. The molecular weight excluding hydrogens is 374 g/mol. The Morgan fingerprint density at radius 3 is 2.58 bits per heavy atom. The van der Waals surface area contributed by atoms with Gasteiger partial charge in [0, 0.05) is 26.9 Å². The molecule has 4 aromatic rings. The molecule has 0 bridgehead atoms. The molecule has 0 unspecified atom stereocenters. The number of hydrogen-bond acceptors (Lipinski definition) is 1. The van der Waals surface area contributed by atoms with Crippen molar-refractivity contribution < 1.29 is 9.18 Å². The van der Waals surface area contributed by atoms with E-state index in [0.717, 1.165) is 21.8 Å². The maximum Gasteiger partial charge on any atom is 0.249 e. The molecule has 0 radical (unpaired) electrons. The van der Waals surface area contributed by atoms with Crippen molar-refractivity contribution in [2.75, 3.05) is 0 Å². The van der Waals surface area contributed by atoms with E-state index < -0.39 is 11.7 Å². The Bertz CT molecular complexity index is 1180. The van der Waals surface area contributed by atoms with Gasteiger partial charge in [0.05, 0.1) is 22.6 Å². The lowest BCUT2D eigenvalue weighted by Crippen LogP contribution is -2.11. The van der Waals surface area contributed by atoms with Crippen LogP contribution in [0.5, 0.6) is 0 Å². The van der Waals surface area contributed by atoms with Gasteiger partial charge in [-0.15, -0.1) is 0 Å². The van der Waals surface area contributed by atoms with Gasteiger partial charge in [-0.05, 0) is 30.3 Å². The minimum Gasteiger partial charge on any atom is -0.366 e. The van der Waals surface area contributed by atoms with Crippen LogP contribution in [-0.2, 0) is 6.54 Å². The first-order chi connectivity index (χ1) is 12.5. The molecule has 0 spiro atoms. The zero-order chi connectivity index (χ0) is 18.4. The summed E-state index contributed by atoms with van der Waals surface area (Å²) in [6.45, 7) is 0.245. The first kappa shape index (κ1) is 16.9. The van der Waals surface area contributed by atoms with Gasteiger partial charge >= 0.3 is 0 Å². The third-order valence-corrected chi connectivity index (χ3v) is 5.01. The number of benzene rings is 3. The minimum atomic E-state index is -0.515. The Morgan fingerprint density at radius 1 is 1.04 bits per heavy atom. The molecule has 0 aliphatic heterocycles. The highest BCUT2D eigenvalue weighted by molar-refractivity contribution is 6.32. The standard InChI is InChI=1S/C20H13Cl2FN2O/c21-12-7-8-13-17(9-12)25(10-11-3-1-5-15(22)19(11)23)16-6-2-4-14(18(13)16)20(24)26/h1-9H,10H2,(H2,24,26). The number of halogens is 3. The van der Waals surface area contributed by atoms with Crippen molar-refractivity contribution in [3.63, 3.8) is 0 Å². The molecule has 2 N–H and O–H groups in total. The highest BCUT2D eigenvalue weighted by Gasteiger charge is 2.18. The Morgan fingerprint density at radius 2 is 1.81 bits per heavy atom. The monoisotopic (exact) mass is 386 g/mol. The smallest absolute Gasteiger partial charge is 0.249 e. The van der Waals surface area contributed by atoms with E-state index in [0.29, 0.717) is 16.1 Å². The third kappa shape index (κ3) is 2.62. The van der Waals surface area contributed by atoms with Crippen molar-refractivity contribution in [3.8, 4) is 0 Å². The Labute approximate surface area is 158 Å². The van der Waals surface area contributed by atoms with E-state index in [1.807, 2.05) is 16.7 Å². The van der Waals surface area contributed by atoms with Crippen LogP contribution in [0, 0.1) is 5.82 Å². The van der Waals surface area contributed by atoms with E-state index in [4.69, 9.17) is 28.9 Å². The van der Waals surface area contributed by atoms with Gasteiger partial charge in [-0.1, -0.05) is 47.5 Å². The second kappa shape index (κ2) is 6.31. The summed E-state index contributed by atoms with van der Waals surface area (Å²) in [6, 6.07) is 15.6. The molecule has 130 valence electrons. The van der Waals surface area contributed by atoms with Crippen molar-refractivity contribution in [1.82, 2.24) is 4.57 Å². The maximum atomic E-state index is 14.4. The summed E-state index contributed by atoms with van der Waals surface area (Å²) in [5, 5.41) is 2.18. The Balaban J connectivity index is 2.07. The number of nitrogens with zero attached hydrogens (tertiary/aromatic N) is 1. The number of nitrogens with two attached hydrogens (primary N) is 1. The van der Waals surface area contributed by atoms with Crippen LogP contribution in [0.4, 0.5) is 4.39 Å². The largest absolute Gasteiger partial charge is 0.366 e. The number of rotatable bonds is 3. The van der Waals surface area contributed by atoms with Crippen LogP contribution >= 0.6 is 23.2 Å². The summed E-state index contributed by atoms with van der Waals surface area (Å²) >= 11 is 12.1. The fourth-order valence-electron chi connectivity index (χ4n) is 3.33. The summed E-state index contributed by atoms with van der Waals surface area (Å²) in [4.78, 5) is 11.9. The molecule has 1 amide bonds. The third-order valence-electron chi connectivity index (χ3n) is 4.48. The Hall–Kier alpha value is -2.56. The van der Waals surface area contributed by atoms with Crippen LogP contribution in [0.25, 0.3) is 21.8 Å². The zero-order valence-corrected chi connectivity index (χ0v) is 15.0. The number of carbonyl (C=O) groups excluding carboxylic acids is 1. The number of hydrogen-bond donors (Lipinski definition) is 1. The first-order valence-corrected chi connectivity index (χ1v) is 8.66. The van der Waals surface area contributed by atoms with Crippen LogP contribution in [-0.4, -0.2) is 10.5 Å². The summed E-state index contributed by atoms with van der Waals surface area (Å²) in [5.41, 5.74) is 7.98. The average molecular weight is 387 g/mol. The van der Waals surface area contributed by atoms with Gasteiger partial charge in [-0.25, -0.2) is 4.39 Å². The van der Waals surface area contributed by atoms with Gasteiger partial charge in [-0.3, -0.25) is 4.79 Å². The van der Waals surface area contributed by atoms with Gasteiger partial charge < -0.3 is 10.3 Å². The van der Waals surface area contributed by atoms with Crippen molar-refractivity contribution in [2.45, 2.75) is 6.54 Å². The lowest BCUT2D eigenvalue weighted by atomic mass is 10.1. The molecule has 4 rings (SSSR count). The zero-order valence-electron chi connectivity index (χ0n) is 13.5. The van der Waals surface area contributed by atoms with E-state index in [1.165, 1.54) is 6.07 Å². The molecule has 1 heterocycles. The number of primary amides is 1. The molecule has 0 aliphatic carbocycles. The molecule has 0 saturated carbocycles. The quantitative estimate of drug-likeness (QED) is 0.504. The van der Waals surface area contributed by atoms with Crippen molar-refractivity contribution >= 4 is 50.9 Å². The molecule has 3 aromatic carbocycles. The number of amides is 1. The molecule has 0 saturated heterocycles. The molecule has 0 atom stereocenters. The van der Waals surface area contributed by atoms with Crippen molar-refractivity contribution in [3.05, 3.63) is 81.6 Å². The average Bonchev–Trinajstić information content (AvgIpc) is 2.92. The lowest BCUT2D eigenvalue weighted by Gasteiger charge is -2.10. The molecule has 6 heteroatoms. The van der Waals surface area contributed by atoms with E-state index in [-0.39, 0.29) is 11.6 Å². The van der Waals surface area contributed by atoms with E-state index in [2.05, 4.69) is 0 Å². The van der Waals surface area contributed by atoms with Crippen LogP contribution in [0.3, 0.4) is 0 Å². The van der Waals surface area contributed by atoms with Gasteiger partial charge in [0.15, 0.2) is 0 Å². The van der Waals surface area contributed by atoms with Crippen LogP contribution in [0.15, 0.2) is 54.6 Å².